The lowest BCUT2D eigenvalue weighted by molar-refractivity contribution is 0.0522. The van der Waals surface area contributed by atoms with Gasteiger partial charge in [-0.15, -0.1) is 0 Å². The summed E-state index contributed by atoms with van der Waals surface area (Å²) < 4.78 is 18.6. The van der Waals surface area contributed by atoms with Gasteiger partial charge >= 0.3 is 6.09 Å². The highest BCUT2D eigenvalue weighted by Crippen LogP contribution is 2.31. The lowest BCUT2D eigenvalue weighted by Gasteiger charge is -2.25. The molecule has 2 heterocycles. The fraction of sp³-hybridized carbons (Fsp3) is 0.481. The van der Waals surface area contributed by atoms with Crippen LogP contribution in [0, 0.1) is 12.8 Å². The topological polar surface area (TPSA) is 82.8 Å². The maximum absolute atomic E-state index is 12.6. The van der Waals surface area contributed by atoms with E-state index in [9.17, 15) is 9.90 Å². The fourth-order valence-corrected chi connectivity index (χ4v) is 4.37. The predicted octanol–water partition coefficient (Wildman–Crippen LogP) is 5.29. The Bertz CT molecular complexity index is 1150. The number of aliphatic hydroxyl groups is 1. The van der Waals surface area contributed by atoms with Gasteiger partial charge < -0.3 is 19.3 Å². The predicted molar refractivity (Wildman–Crippen MR) is 131 cm³/mol. The molecule has 34 heavy (non-hydrogen) atoms. The molecule has 1 aromatic heterocycles. The lowest BCUT2D eigenvalue weighted by Crippen LogP contribution is -2.27. The van der Waals surface area contributed by atoms with E-state index in [2.05, 4.69) is 11.2 Å². The van der Waals surface area contributed by atoms with Crippen LogP contribution >= 0.6 is 0 Å². The molecule has 0 spiro atoms. The van der Waals surface area contributed by atoms with Crippen molar-refractivity contribution in [1.82, 2.24) is 9.78 Å². The zero-order chi connectivity index (χ0) is 24.3. The maximum Gasteiger partial charge on any atom is 0.435 e. The molecule has 3 aromatic rings. The first-order valence-corrected chi connectivity index (χ1v) is 11.9. The summed E-state index contributed by atoms with van der Waals surface area (Å²) in [5, 5.41) is 15.6. The molecule has 2 aromatic carbocycles. The van der Waals surface area contributed by atoms with Crippen LogP contribution in [-0.4, -0.2) is 45.9 Å². The number of aromatic nitrogens is 2. The Labute approximate surface area is 200 Å². The van der Waals surface area contributed by atoms with E-state index in [4.69, 9.17) is 14.2 Å². The van der Waals surface area contributed by atoms with Gasteiger partial charge in [0.25, 0.3) is 0 Å². The van der Waals surface area contributed by atoms with E-state index in [-0.39, 0.29) is 6.61 Å². The molecule has 0 radical (unpaired) electrons. The Hall–Kier alpha value is -3.06. The highest BCUT2D eigenvalue weighted by atomic mass is 16.6. The molecule has 7 heteroatoms. The Morgan fingerprint density at radius 2 is 2.03 bits per heavy atom. The molecule has 7 nitrogen and oxygen atoms in total. The van der Waals surface area contributed by atoms with E-state index in [0.29, 0.717) is 29.3 Å². The number of aliphatic hydroxyl groups excluding tert-OH is 1. The number of hydrogen-bond donors (Lipinski definition) is 1. The Morgan fingerprint density at radius 3 is 2.82 bits per heavy atom. The minimum absolute atomic E-state index is 0.181. The van der Waals surface area contributed by atoms with Crippen LogP contribution in [0.4, 0.5) is 4.79 Å². The molecule has 1 N–H and O–H groups in total. The lowest BCUT2D eigenvalue weighted by atomic mass is 9.92. The quantitative estimate of drug-likeness (QED) is 0.509. The molecular weight excluding hydrogens is 432 g/mol. The van der Waals surface area contributed by atoms with Crippen LogP contribution in [-0.2, 0) is 11.2 Å². The third-order valence-corrected chi connectivity index (χ3v) is 5.95. The van der Waals surface area contributed by atoms with E-state index < -0.39 is 17.8 Å². The second kappa shape index (κ2) is 10.1. The molecule has 182 valence electrons. The normalized spacial score (nSPS) is 16.6. The molecule has 0 fully saturated rings. The molecule has 1 unspecified atom stereocenters. The summed E-state index contributed by atoms with van der Waals surface area (Å²) in [6.45, 7) is 8.20. The van der Waals surface area contributed by atoms with Crippen LogP contribution in [0.3, 0.4) is 0 Å². The summed E-state index contributed by atoms with van der Waals surface area (Å²) in [7, 11) is 0. The first-order valence-electron chi connectivity index (χ1n) is 11.9. The average Bonchev–Trinajstić information content (AvgIpc) is 3.14. The molecular formula is C27H34N2O5. The number of para-hydroxylation sites is 1. The highest BCUT2D eigenvalue weighted by molar-refractivity contribution is 5.93. The maximum atomic E-state index is 12.6. The number of nitrogens with zero attached hydrogens (tertiary/aromatic N) is 2. The number of ether oxygens (including phenoxy) is 3. The molecule has 4 rings (SSSR count). The van der Waals surface area contributed by atoms with Crippen molar-refractivity contribution in [3.63, 3.8) is 0 Å². The molecule has 1 aliphatic rings. The number of carbonyl (C=O) groups excluding carboxylic acids is 1. The van der Waals surface area contributed by atoms with Crippen molar-refractivity contribution in [2.45, 2.75) is 65.1 Å². The van der Waals surface area contributed by atoms with Crippen LogP contribution < -0.4 is 9.47 Å². The molecule has 0 aliphatic carbocycles. The van der Waals surface area contributed by atoms with E-state index in [1.807, 2.05) is 64.1 Å². The van der Waals surface area contributed by atoms with Crippen LogP contribution in [0.5, 0.6) is 11.5 Å². The molecule has 2 atom stereocenters. The van der Waals surface area contributed by atoms with Crippen molar-refractivity contribution in [2.75, 3.05) is 13.2 Å². The van der Waals surface area contributed by atoms with Crippen molar-refractivity contribution in [2.24, 2.45) is 5.92 Å². The Balaban J connectivity index is 1.31. The van der Waals surface area contributed by atoms with Crippen molar-refractivity contribution in [1.29, 1.82) is 0 Å². The summed E-state index contributed by atoms with van der Waals surface area (Å²) in [5.41, 5.74) is 1.94. The molecule has 0 saturated heterocycles. The van der Waals surface area contributed by atoms with Crippen LogP contribution in [0.1, 0.15) is 51.3 Å². The standard InChI is InChI=1S/C27H34N2O5/c1-18-25-22(29(28-18)26(31)34-27(2,3)4)12-8-14-24(25)33-17-21(30)11-7-9-19-15-20-10-5-6-13-23(20)32-16-19/h5-6,8,10,12-14,19,21,30H,7,9,11,15-17H2,1-4H3/t19?,21-/m0/s1. The zero-order valence-corrected chi connectivity index (χ0v) is 20.4. The minimum atomic E-state index is -0.616. The first kappa shape index (κ1) is 24.1. The SMILES string of the molecule is Cc1nn(C(=O)OC(C)(C)C)c2cccc(OC[C@@H](O)CCCC3COc4ccccc4C3)c12. The number of fused-ring (bicyclic) bond motifs is 2. The summed E-state index contributed by atoms with van der Waals surface area (Å²) in [6, 6.07) is 13.6. The van der Waals surface area contributed by atoms with Gasteiger partial charge in [0.15, 0.2) is 0 Å². The molecule has 0 saturated carbocycles. The molecule has 0 amide bonds. The highest BCUT2D eigenvalue weighted by Gasteiger charge is 2.23. The van der Waals surface area contributed by atoms with Crippen molar-refractivity contribution >= 4 is 17.0 Å². The second-order valence-electron chi connectivity index (χ2n) is 10.0. The monoisotopic (exact) mass is 466 g/mol. The Kier molecular flexibility index (Phi) is 7.12. The smallest absolute Gasteiger partial charge is 0.435 e. The van der Waals surface area contributed by atoms with Crippen LogP contribution in [0.25, 0.3) is 10.9 Å². The van der Waals surface area contributed by atoms with Crippen molar-refractivity contribution in [3.8, 4) is 11.5 Å². The summed E-state index contributed by atoms with van der Waals surface area (Å²) in [4.78, 5) is 12.6. The van der Waals surface area contributed by atoms with Crippen molar-refractivity contribution < 1.29 is 24.1 Å². The summed E-state index contributed by atoms with van der Waals surface area (Å²) in [6.07, 6.45) is 2.48. The zero-order valence-electron chi connectivity index (χ0n) is 20.4. The van der Waals surface area contributed by atoms with Gasteiger partial charge in [0, 0.05) is 0 Å². The molecule has 0 bridgehead atoms. The Morgan fingerprint density at radius 1 is 1.24 bits per heavy atom. The van der Waals surface area contributed by atoms with E-state index >= 15 is 0 Å². The number of benzene rings is 2. The van der Waals surface area contributed by atoms with E-state index in [0.717, 1.165) is 37.0 Å². The van der Waals surface area contributed by atoms with Gasteiger partial charge in [-0.25, -0.2) is 4.79 Å². The minimum Gasteiger partial charge on any atom is -0.493 e. The third-order valence-electron chi connectivity index (χ3n) is 5.95. The molecule has 1 aliphatic heterocycles. The average molecular weight is 467 g/mol. The van der Waals surface area contributed by atoms with Crippen molar-refractivity contribution in [3.05, 3.63) is 53.7 Å². The fourth-order valence-electron chi connectivity index (χ4n) is 4.37. The van der Waals surface area contributed by atoms with Gasteiger partial charge in [-0.3, -0.25) is 0 Å². The summed E-state index contributed by atoms with van der Waals surface area (Å²) in [5.74, 6) is 2.06. The van der Waals surface area contributed by atoms with Gasteiger partial charge in [0.1, 0.15) is 23.7 Å². The first-order chi connectivity index (χ1) is 16.2. The number of rotatable bonds is 7. The van der Waals surface area contributed by atoms with Crippen LogP contribution in [0.2, 0.25) is 0 Å². The summed E-state index contributed by atoms with van der Waals surface area (Å²) >= 11 is 0. The van der Waals surface area contributed by atoms with Gasteiger partial charge in [-0.2, -0.15) is 9.78 Å². The second-order valence-corrected chi connectivity index (χ2v) is 10.0. The number of hydrogen-bond acceptors (Lipinski definition) is 6. The largest absolute Gasteiger partial charge is 0.493 e. The van der Waals surface area contributed by atoms with Gasteiger partial charge in [0.2, 0.25) is 0 Å². The third kappa shape index (κ3) is 5.70. The van der Waals surface area contributed by atoms with Gasteiger partial charge in [-0.05, 0) is 76.6 Å². The number of carbonyl (C=O) groups is 1. The number of aryl methyl sites for hydroxylation is 1. The van der Waals surface area contributed by atoms with E-state index in [1.165, 1.54) is 10.2 Å². The van der Waals surface area contributed by atoms with Gasteiger partial charge in [0.05, 0.1) is 29.3 Å². The van der Waals surface area contributed by atoms with Gasteiger partial charge in [-0.1, -0.05) is 30.7 Å². The van der Waals surface area contributed by atoms with Crippen LogP contribution in [0.15, 0.2) is 42.5 Å². The van der Waals surface area contributed by atoms with E-state index in [1.54, 1.807) is 0 Å².